The molecule has 0 aliphatic rings. The largest absolute Gasteiger partial charge is 0.298 e. The molecule has 2 rings (SSSR count). The van der Waals surface area contributed by atoms with Crippen molar-refractivity contribution in [2.24, 2.45) is 5.92 Å². The van der Waals surface area contributed by atoms with Crippen LogP contribution in [-0.2, 0) is 14.6 Å². The molecule has 25 heavy (non-hydrogen) atoms. The van der Waals surface area contributed by atoms with Crippen LogP contribution in [0.5, 0.6) is 0 Å². The van der Waals surface area contributed by atoms with Crippen LogP contribution in [0.4, 0.5) is 0 Å². The Balaban J connectivity index is 2.12. The van der Waals surface area contributed by atoms with Gasteiger partial charge in [0.1, 0.15) is 15.8 Å². The molecular weight excluding hydrogens is 334 g/mol. The van der Waals surface area contributed by atoms with Crippen molar-refractivity contribution in [3.63, 3.8) is 0 Å². The molecule has 0 heterocycles. The summed E-state index contributed by atoms with van der Waals surface area (Å²) >= 11 is 0. The molecule has 2 aromatic carbocycles. The van der Waals surface area contributed by atoms with E-state index in [0.717, 1.165) is 22.9 Å². The highest BCUT2D eigenvalue weighted by Gasteiger charge is 2.25. The Morgan fingerprint density at radius 3 is 2.12 bits per heavy atom. The standard InChI is InChI=1S/C20H21NO3S/c1-15(20(22)19(14-21)12-13-25(2,23)24)16-8-10-18(11-9-16)17-6-4-3-5-7-17/h3-11,15,19H,12-13H2,1-2H3. The van der Waals surface area contributed by atoms with E-state index in [1.165, 1.54) is 0 Å². The second-order valence-corrected chi connectivity index (χ2v) is 8.47. The first kappa shape index (κ1) is 18.9. The minimum Gasteiger partial charge on any atom is -0.298 e. The molecule has 0 fully saturated rings. The summed E-state index contributed by atoms with van der Waals surface area (Å²) in [6.07, 6.45) is 1.15. The second-order valence-electron chi connectivity index (χ2n) is 6.21. The zero-order valence-electron chi connectivity index (χ0n) is 14.3. The molecule has 0 amide bonds. The molecule has 0 N–H and O–H groups in total. The van der Waals surface area contributed by atoms with Crippen LogP contribution in [0.25, 0.3) is 11.1 Å². The van der Waals surface area contributed by atoms with Gasteiger partial charge < -0.3 is 0 Å². The molecule has 2 unspecified atom stereocenters. The number of carbonyl (C=O) groups excluding carboxylic acids is 1. The van der Waals surface area contributed by atoms with Gasteiger partial charge in [-0.2, -0.15) is 5.26 Å². The highest BCUT2D eigenvalue weighted by Crippen LogP contribution is 2.25. The fourth-order valence-electron chi connectivity index (χ4n) is 2.66. The van der Waals surface area contributed by atoms with E-state index in [0.29, 0.717) is 0 Å². The first-order valence-corrected chi connectivity index (χ1v) is 10.1. The molecule has 2 atom stereocenters. The van der Waals surface area contributed by atoms with Crippen molar-refractivity contribution < 1.29 is 13.2 Å². The molecule has 0 saturated heterocycles. The number of rotatable bonds is 7. The zero-order chi connectivity index (χ0) is 18.4. The van der Waals surface area contributed by atoms with Gasteiger partial charge in [-0.25, -0.2) is 8.42 Å². The van der Waals surface area contributed by atoms with Crippen LogP contribution in [0.2, 0.25) is 0 Å². The lowest BCUT2D eigenvalue weighted by atomic mass is 9.87. The number of hydrogen-bond acceptors (Lipinski definition) is 4. The van der Waals surface area contributed by atoms with Gasteiger partial charge in [0.2, 0.25) is 0 Å². The Morgan fingerprint density at radius 2 is 1.60 bits per heavy atom. The predicted octanol–water partition coefficient (Wildman–Crippen LogP) is 3.60. The molecule has 0 aliphatic carbocycles. The van der Waals surface area contributed by atoms with Crippen LogP contribution < -0.4 is 0 Å². The normalized spacial score (nSPS) is 13.6. The summed E-state index contributed by atoms with van der Waals surface area (Å²) in [6, 6.07) is 19.5. The maximum atomic E-state index is 12.5. The van der Waals surface area contributed by atoms with Gasteiger partial charge >= 0.3 is 0 Å². The van der Waals surface area contributed by atoms with E-state index in [1.54, 1.807) is 6.92 Å². The molecule has 5 heteroatoms. The van der Waals surface area contributed by atoms with Gasteiger partial charge in [-0.3, -0.25) is 4.79 Å². The first-order chi connectivity index (χ1) is 11.8. The number of ketones is 1. The highest BCUT2D eigenvalue weighted by atomic mass is 32.2. The third-order valence-corrected chi connectivity index (χ3v) is 5.20. The van der Waals surface area contributed by atoms with E-state index in [-0.39, 0.29) is 18.0 Å². The Hall–Kier alpha value is -2.45. The van der Waals surface area contributed by atoms with Crippen LogP contribution in [-0.4, -0.2) is 26.2 Å². The summed E-state index contributed by atoms with van der Waals surface area (Å²) in [5.41, 5.74) is 2.97. The molecule has 4 nitrogen and oxygen atoms in total. The van der Waals surface area contributed by atoms with Crippen molar-refractivity contribution in [1.29, 1.82) is 5.26 Å². The van der Waals surface area contributed by atoms with Gasteiger partial charge in [-0.05, 0) is 23.1 Å². The third kappa shape index (κ3) is 5.27. The summed E-state index contributed by atoms with van der Waals surface area (Å²) in [5, 5.41) is 9.22. The van der Waals surface area contributed by atoms with E-state index in [2.05, 4.69) is 0 Å². The van der Waals surface area contributed by atoms with Crippen molar-refractivity contribution in [3.8, 4) is 17.2 Å². The quantitative estimate of drug-likeness (QED) is 0.760. The SMILES string of the molecule is CC(C(=O)C(C#N)CCS(C)(=O)=O)c1ccc(-c2ccccc2)cc1. The number of nitrogens with zero attached hydrogens (tertiary/aromatic N) is 1. The minimum absolute atomic E-state index is 0.0423. The molecule has 0 aromatic heterocycles. The fraction of sp³-hybridized carbons (Fsp3) is 0.300. The molecule has 130 valence electrons. The number of sulfone groups is 1. The molecule has 0 radical (unpaired) electrons. The van der Waals surface area contributed by atoms with Crippen molar-refractivity contribution in [2.75, 3.05) is 12.0 Å². The van der Waals surface area contributed by atoms with E-state index in [4.69, 9.17) is 0 Å². The molecule has 0 saturated carbocycles. The van der Waals surface area contributed by atoms with E-state index < -0.39 is 21.7 Å². The molecule has 0 spiro atoms. The van der Waals surface area contributed by atoms with Gasteiger partial charge in [0, 0.05) is 12.2 Å². The van der Waals surface area contributed by atoms with Gasteiger partial charge in [-0.1, -0.05) is 61.5 Å². The molecule has 2 aromatic rings. The summed E-state index contributed by atoms with van der Waals surface area (Å²) in [7, 11) is -3.19. The Kier molecular flexibility index (Phi) is 6.11. The van der Waals surface area contributed by atoms with Crippen LogP contribution >= 0.6 is 0 Å². The van der Waals surface area contributed by atoms with Gasteiger partial charge in [0.05, 0.1) is 11.8 Å². The van der Waals surface area contributed by atoms with Crippen molar-refractivity contribution in [1.82, 2.24) is 0 Å². The summed E-state index contributed by atoms with van der Waals surface area (Å²) in [6.45, 7) is 1.75. The van der Waals surface area contributed by atoms with E-state index in [9.17, 15) is 18.5 Å². The van der Waals surface area contributed by atoms with Gasteiger partial charge in [0.25, 0.3) is 0 Å². The fourth-order valence-corrected chi connectivity index (χ4v) is 3.33. The number of benzene rings is 2. The number of carbonyl (C=O) groups is 1. The topological polar surface area (TPSA) is 75.0 Å². The Bertz CT molecular complexity index is 865. The van der Waals surface area contributed by atoms with Gasteiger partial charge in [0.15, 0.2) is 5.78 Å². The first-order valence-electron chi connectivity index (χ1n) is 8.08. The van der Waals surface area contributed by atoms with Crippen molar-refractivity contribution in [2.45, 2.75) is 19.3 Å². The zero-order valence-corrected chi connectivity index (χ0v) is 15.2. The van der Waals surface area contributed by atoms with Gasteiger partial charge in [-0.15, -0.1) is 0 Å². The van der Waals surface area contributed by atoms with Crippen LogP contribution in [0.1, 0.15) is 24.8 Å². The van der Waals surface area contributed by atoms with Crippen LogP contribution in [0, 0.1) is 17.2 Å². The summed E-state index contributed by atoms with van der Waals surface area (Å²) in [4.78, 5) is 12.5. The van der Waals surface area contributed by atoms with E-state index in [1.807, 2.05) is 60.7 Å². The third-order valence-electron chi connectivity index (χ3n) is 4.22. The Labute approximate surface area is 149 Å². The maximum Gasteiger partial charge on any atom is 0.157 e. The number of hydrogen-bond donors (Lipinski definition) is 0. The van der Waals surface area contributed by atoms with Crippen molar-refractivity contribution in [3.05, 3.63) is 60.2 Å². The van der Waals surface area contributed by atoms with E-state index >= 15 is 0 Å². The minimum atomic E-state index is -3.19. The smallest absolute Gasteiger partial charge is 0.157 e. The second kappa shape index (κ2) is 8.09. The van der Waals surface area contributed by atoms with Crippen molar-refractivity contribution >= 4 is 15.6 Å². The van der Waals surface area contributed by atoms with Crippen LogP contribution in [0.15, 0.2) is 54.6 Å². The Morgan fingerprint density at radius 1 is 1.04 bits per heavy atom. The monoisotopic (exact) mass is 355 g/mol. The molecule has 0 aliphatic heterocycles. The lowest BCUT2D eigenvalue weighted by molar-refractivity contribution is -0.122. The summed E-state index contributed by atoms with van der Waals surface area (Å²) < 4.78 is 22.5. The lowest BCUT2D eigenvalue weighted by Gasteiger charge is -2.15. The molecular formula is C20H21NO3S. The number of Topliss-reactive ketones (excluding diaryl/α,β-unsaturated/α-hetero) is 1. The lowest BCUT2D eigenvalue weighted by Crippen LogP contribution is -2.21. The predicted molar refractivity (Wildman–Crippen MR) is 98.7 cm³/mol. The van der Waals surface area contributed by atoms with Crippen LogP contribution in [0.3, 0.4) is 0 Å². The number of nitriles is 1. The molecule has 0 bridgehead atoms. The average Bonchev–Trinajstić information content (AvgIpc) is 2.61. The summed E-state index contributed by atoms with van der Waals surface area (Å²) in [5.74, 6) is -1.75. The highest BCUT2D eigenvalue weighted by molar-refractivity contribution is 7.90. The maximum absolute atomic E-state index is 12.5. The average molecular weight is 355 g/mol.